The van der Waals surface area contributed by atoms with Crippen molar-refractivity contribution in [1.82, 2.24) is 4.90 Å². The zero-order chi connectivity index (χ0) is 26.4. The van der Waals surface area contributed by atoms with Gasteiger partial charge in [-0.1, -0.05) is 41.9 Å². The van der Waals surface area contributed by atoms with Crippen molar-refractivity contribution < 1.29 is 23.9 Å². The number of aryl methyl sites for hydroxylation is 1. The summed E-state index contributed by atoms with van der Waals surface area (Å²) in [5.74, 6) is 0.436. The van der Waals surface area contributed by atoms with Gasteiger partial charge in [0.2, 0.25) is 0 Å². The van der Waals surface area contributed by atoms with E-state index in [2.05, 4.69) is 21.2 Å². The standard InChI is InChI=1S/C27H22BrClN2O5S/c1-17-7-9-19(15-22(17)29)30-25(32)16-36-23-10-8-18(13-21(23)28)14-24-26(33)31(27(34)37-24)11-12-35-20-5-3-2-4-6-20/h2-10,13-15H,11-12,16H2,1H3,(H,30,32)/b24-14-. The van der Waals surface area contributed by atoms with E-state index in [9.17, 15) is 14.4 Å². The zero-order valence-corrected chi connectivity index (χ0v) is 22.9. The third-order valence-corrected chi connectivity index (χ3v) is 7.20. The highest BCUT2D eigenvalue weighted by Crippen LogP contribution is 2.34. The number of para-hydroxylation sites is 1. The normalized spacial score (nSPS) is 14.2. The quantitative estimate of drug-likeness (QED) is 0.280. The van der Waals surface area contributed by atoms with E-state index in [0.29, 0.717) is 37.2 Å². The highest BCUT2D eigenvalue weighted by molar-refractivity contribution is 9.10. The Morgan fingerprint density at radius 1 is 1.08 bits per heavy atom. The lowest BCUT2D eigenvalue weighted by atomic mass is 10.2. The van der Waals surface area contributed by atoms with E-state index < -0.39 is 0 Å². The van der Waals surface area contributed by atoms with Crippen molar-refractivity contribution in [2.45, 2.75) is 6.92 Å². The first-order valence-electron chi connectivity index (χ1n) is 11.2. The number of imide groups is 1. The molecule has 7 nitrogen and oxygen atoms in total. The van der Waals surface area contributed by atoms with Gasteiger partial charge in [-0.2, -0.15) is 0 Å². The van der Waals surface area contributed by atoms with Crippen LogP contribution in [0.5, 0.6) is 11.5 Å². The molecule has 3 aromatic rings. The van der Waals surface area contributed by atoms with Gasteiger partial charge >= 0.3 is 0 Å². The Morgan fingerprint density at radius 3 is 2.59 bits per heavy atom. The molecule has 1 fully saturated rings. The van der Waals surface area contributed by atoms with Gasteiger partial charge in [-0.25, -0.2) is 0 Å². The summed E-state index contributed by atoms with van der Waals surface area (Å²) in [6.07, 6.45) is 1.64. The molecule has 3 aromatic carbocycles. The summed E-state index contributed by atoms with van der Waals surface area (Å²) in [5, 5.41) is 2.96. The number of nitrogens with one attached hydrogen (secondary N) is 1. The lowest BCUT2D eigenvalue weighted by Gasteiger charge is -2.13. The predicted octanol–water partition coefficient (Wildman–Crippen LogP) is 6.54. The summed E-state index contributed by atoms with van der Waals surface area (Å²) >= 11 is 10.4. The number of rotatable bonds is 9. The molecule has 0 aromatic heterocycles. The van der Waals surface area contributed by atoms with Crippen LogP contribution in [0.2, 0.25) is 5.02 Å². The number of thioether (sulfide) groups is 1. The molecule has 4 rings (SSSR count). The molecule has 190 valence electrons. The lowest BCUT2D eigenvalue weighted by molar-refractivity contribution is -0.123. The molecule has 0 radical (unpaired) electrons. The number of ether oxygens (including phenoxy) is 2. The van der Waals surface area contributed by atoms with Gasteiger partial charge in [0.25, 0.3) is 17.1 Å². The van der Waals surface area contributed by atoms with E-state index >= 15 is 0 Å². The van der Waals surface area contributed by atoms with Gasteiger partial charge in [0.15, 0.2) is 6.61 Å². The molecule has 1 aliphatic heterocycles. The summed E-state index contributed by atoms with van der Waals surface area (Å²) in [6.45, 7) is 2.04. The Balaban J connectivity index is 1.32. The molecule has 37 heavy (non-hydrogen) atoms. The van der Waals surface area contributed by atoms with Crippen LogP contribution < -0.4 is 14.8 Å². The summed E-state index contributed by atoms with van der Waals surface area (Å²) in [7, 11) is 0. The third-order valence-electron chi connectivity index (χ3n) is 5.27. The van der Waals surface area contributed by atoms with Gasteiger partial charge in [0.1, 0.15) is 18.1 Å². The minimum atomic E-state index is -0.365. The van der Waals surface area contributed by atoms with Crippen LogP contribution in [0, 0.1) is 6.92 Å². The minimum Gasteiger partial charge on any atom is -0.492 e. The number of hydrogen-bond donors (Lipinski definition) is 1. The number of benzene rings is 3. The second-order valence-corrected chi connectivity index (χ2v) is 10.2. The summed E-state index contributed by atoms with van der Waals surface area (Å²) in [6, 6.07) is 19.6. The number of amides is 3. The molecule has 1 heterocycles. The molecule has 0 unspecified atom stereocenters. The van der Waals surface area contributed by atoms with E-state index in [0.717, 1.165) is 17.3 Å². The Labute approximate surface area is 231 Å². The topological polar surface area (TPSA) is 84.9 Å². The molecule has 10 heteroatoms. The van der Waals surface area contributed by atoms with Crippen LogP contribution in [0.4, 0.5) is 10.5 Å². The van der Waals surface area contributed by atoms with Gasteiger partial charge in [-0.05, 0) is 88.2 Å². The van der Waals surface area contributed by atoms with Crippen LogP contribution >= 0.6 is 39.3 Å². The number of anilines is 1. The van der Waals surface area contributed by atoms with E-state index in [-0.39, 0.29) is 36.8 Å². The maximum Gasteiger partial charge on any atom is 0.293 e. The summed E-state index contributed by atoms with van der Waals surface area (Å²) < 4.78 is 11.8. The SMILES string of the molecule is Cc1ccc(NC(=O)COc2ccc(/C=C3\SC(=O)N(CCOc4ccccc4)C3=O)cc2Br)cc1Cl. The first-order chi connectivity index (χ1) is 17.8. The Morgan fingerprint density at radius 2 is 1.86 bits per heavy atom. The van der Waals surface area contributed by atoms with Crippen LogP contribution in [-0.4, -0.2) is 41.7 Å². The molecule has 1 N–H and O–H groups in total. The van der Waals surface area contributed by atoms with Gasteiger partial charge in [-0.3, -0.25) is 19.3 Å². The molecule has 0 aliphatic carbocycles. The van der Waals surface area contributed by atoms with Gasteiger partial charge in [0, 0.05) is 10.7 Å². The first kappa shape index (κ1) is 26.8. The van der Waals surface area contributed by atoms with Crippen molar-refractivity contribution >= 4 is 68.1 Å². The van der Waals surface area contributed by atoms with Crippen molar-refractivity contribution in [3.63, 3.8) is 0 Å². The smallest absolute Gasteiger partial charge is 0.293 e. The number of nitrogens with zero attached hydrogens (tertiary/aromatic N) is 1. The highest BCUT2D eigenvalue weighted by atomic mass is 79.9. The Bertz CT molecular complexity index is 1370. The van der Waals surface area contributed by atoms with Crippen molar-refractivity contribution in [1.29, 1.82) is 0 Å². The Kier molecular flexibility index (Phi) is 8.91. The second kappa shape index (κ2) is 12.3. The first-order valence-corrected chi connectivity index (χ1v) is 13.2. The zero-order valence-electron chi connectivity index (χ0n) is 19.7. The monoisotopic (exact) mass is 600 g/mol. The van der Waals surface area contributed by atoms with Gasteiger partial charge in [0.05, 0.1) is 15.9 Å². The lowest BCUT2D eigenvalue weighted by Crippen LogP contribution is -2.32. The van der Waals surface area contributed by atoms with E-state index in [4.69, 9.17) is 21.1 Å². The summed E-state index contributed by atoms with van der Waals surface area (Å²) in [5.41, 5.74) is 2.20. The van der Waals surface area contributed by atoms with Crippen LogP contribution in [-0.2, 0) is 9.59 Å². The molecule has 0 spiro atoms. The maximum absolute atomic E-state index is 12.8. The number of carbonyl (C=O) groups is 3. The Hall–Kier alpha value is -3.27. The fourth-order valence-corrected chi connectivity index (χ4v) is 4.91. The van der Waals surface area contributed by atoms with Crippen molar-refractivity contribution in [3.05, 3.63) is 92.3 Å². The maximum atomic E-state index is 12.8. The minimum absolute atomic E-state index is 0.157. The van der Waals surface area contributed by atoms with Crippen molar-refractivity contribution in [2.75, 3.05) is 25.1 Å². The van der Waals surface area contributed by atoms with E-state index in [1.807, 2.05) is 43.3 Å². The van der Waals surface area contributed by atoms with Crippen LogP contribution in [0.1, 0.15) is 11.1 Å². The van der Waals surface area contributed by atoms with Crippen LogP contribution in [0.3, 0.4) is 0 Å². The van der Waals surface area contributed by atoms with Crippen LogP contribution in [0.15, 0.2) is 76.1 Å². The highest BCUT2D eigenvalue weighted by Gasteiger charge is 2.34. The number of carbonyl (C=O) groups excluding carboxylic acids is 3. The average Bonchev–Trinajstić information content (AvgIpc) is 3.13. The van der Waals surface area contributed by atoms with Crippen molar-refractivity contribution in [2.24, 2.45) is 0 Å². The molecular weight excluding hydrogens is 580 g/mol. The molecule has 0 bridgehead atoms. The molecule has 1 saturated heterocycles. The molecular formula is C27H22BrClN2O5S. The van der Waals surface area contributed by atoms with E-state index in [1.54, 1.807) is 36.4 Å². The molecule has 0 saturated carbocycles. The fourth-order valence-electron chi connectivity index (χ4n) is 3.35. The van der Waals surface area contributed by atoms with Crippen LogP contribution in [0.25, 0.3) is 6.08 Å². The third kappa shape index (κ3) is 7.15. The predicted molar refractivity (Wildman–Crippen MR) is 149 cm³/mol. The number of halogens is 2. The molecule has 0 atom stereocenters. The largest absolute Gasteiger partial charge is 0.492 e. The molecule has 1 aliphatic rings. The average molecular weight is 602 g/mol. The molecule has 3 amide bonds. The number of hydrogen-bond acceptors (Lipinski definition) is 6. The fraction of sp³-hybridized carbons (Fsp3) is 0.148. The van der Waals surface area contributed by atoms with Crippen molar-refractivity contribution in [3.8, 4) is 11.5 Å². The van der Waals surface area contributed by atoms with Gasteiger partial charge in [-0.15, -0.1) is 0 Å². The second-order valence-electron chi connectivity index (χ2n) is 7.99. The van der Waals surface area contributed by atoms with Gasteiger partial charge < -0.3 is 14.8 Å². The van der Waals surface area contributed by atoms with E-state index in [1.165, 1.54) is 4.90 Å². The summed E-state index contributed by atoms with van der Waals surface area (Å²) in [4.78, 5) is 38.9.